The topological polar surface area (TPSA) is 32.5 Å². The Morgan fingerprint density at radius 3 is 2.87 bits per heavy atom. The number of piperazine rings is 1. The lowest BCUT2D eigenvalue weighted by Gasteiger charge is -2.48. The van der Waals surface area contributed by atoms with Gasteiger partial charge in [0.05, 0.1) is 0 Å². The Bertz CT molecular complexity index is 205. The van der Waals surface area contributed by atoms with Crippen LogP contribution in [0.1, 0.15) is 33.1 Å². The number of fused-ring (bicyclic) bond motifs is 1. The molecule has 3 heteroatoms. The van der Waals surface area contributed by atoms with Gasteiger partial charge >= 0.3 is 0 Å². The van der Waals surface area contributed by atoms with E-state index in [2.05, 4.69) is 23.6 Å². The largest absolute Gasteiger partial charge is 0.327 e. The monoisotopic (exact) mass is 211 g/mol. The van der Waals surface area contributed by atoms with Crippen molar-refractivity contribution in [3.63, 3.8) is 0 Å². The van der Waals surface area contributed by atoms with Crippen LogP contribution >= 0.6 is 0 Å². The average molecular weight is 211 g/mol. The standard InChI is InChI=1S/C12H25N3/c1-10(13)7-15-9-12-5-3-4-6-14(12)8-11(15)2/h10-12H,3-9,13H2,1-2H3. The van der Waals surface area contributed by atoms with Crippen molar-refractivity contribution in [2.45, 2.75) is 51.2 Å². The highest BCUT2D eigenvalue weighted by molar-refractivity contribution is 4.89. The fourth-order valence-corrected chi connectivity index (χ4v) is 3.04. The van der Waals surface area contributed by atoms with Crippen LogP contribution in [-0.4, -0.2) is 54.1 Å². The molecule has 2 heterocycles. The van der Waals surface area contributed by atoms with Crippen LogP contribution in [0.5, 0.6) is 0 Å². The van der Waals surface area contributed by atoms with Crippen LogP contribution in [0.25, 0.3) is 0 Å². The number of hydrogen-bond donors (Lipinski definition) is 1. The lowest BCUT2D eigenvalue weighted by Crippen LogP contribution is -2.60. The third-order valence-electron chi connectivity index (χ3n) is 3.84. The average Bonchev–Trinajstić information content (AvgIpc) is 2.18. The van der Waals surface area contributed by atoms with Crippen molar-refractivity contribution in [3.8, 4) is 0 Å². The van der Waals surface area contributed by atoms with Gasteiger partial charge in [0.15, 0.2) is 0 Å². The van der Waals surface area contributed by atoms with Gasteiger partial charge in [-0.3, -0.25) is 9.80 Å². The van der Waals surface area contributed by atoms with Gasteiger partial charge in [0.2, 0.25) is 0 Å². The molecule has 0 aliphatic carbocycles. The Labute approximate surface area is 93.6 Å². The summed E-state index contributed by atoms with van der Waals surface area (Å²) in [6, 6.07) is 1.81. The van der Waals surface area contributed by atoms with Crippen molar-refractivity contribution in [2.24, 2.45) is 5.73 Å². The number of nitrogens with zero attached hydrogens (tertiary/aromatic N) is 2. The predicted octanol–water partition coefficient (Wildman–Crippen LogP) is 0.892. The molecule has 0 aromatic carbocycles. The SMILES string of the molecule is CC(N)CN1CC2CCCCN2CC1C. The van der Waals surface area contributed by atoms with E-state index in [1.807, 2.05) is 0 Å². The van der Waals surface area contributed by atoms with E-state index in [4.69, 9.17) is 5.73 Å². The molecule has 0 amide bonds. The Balaban J connectivity index is 1.92. The van der Waals surface area contributed by atoms with Crippen LogP contribution < -0.4 is 5.73 Å². The molecule has 88 valence electrons. The molecule has 0 bridgehead atoms. The summed E-state index contributed by atoms with van der Waals surface area (Å²) < 4.78 is 0. The fraction of sp³-hybridized carbons (Fsp3) is 1.00. The molecule has 0 aromatic rings. The summed E-state index contributed by atoms with van der Waals surface area (Å²) in [6.07, 6.45) is 4.21. The summed E-state index contributed by atoms with van der Waals surface area (Å²) in [5.74, 6) is 0. The maximum atomic E-state index is 5.90. The number of piperidine rings is 1. The van der Waals surface area contributed by atoms with Crippen LogP contribution in [0.2, 0.25) is 0 Å². The predicted molar refractivity (Wildman–Crippen MR) is 63.9 cm³/mol. The van der Waals surface area contributed by atoms with Gasteiger partial charge in [-0.05, 0) is 33.2 Å². The molecule has 2 saturated heterocycles. The van der Waals surface area contributed by atoms with Crippen LogP contribution in [0.15, 0.2) is 0 Å². The van der Waals surface area contributed by atoms with Gasteiger partial charge in [-0.2, -0.15) is 0 Å². The first kappa shape index (κ1) is 11.4. The second kappa shape index (κ2) is 4.81. The van der Waals surface area contributed by atoms with Crippen LogP contribution in [0, 0.1) is 0 Å². The van der Waals surface area contributed by atoms with Crippen LogP contribution in [0.3, 0.4) is 0 Å². The van der Waals surface area contributed by atoms with E-state index in [1.54, 1.807) is 0 Å². The normalized spacial score (nSPS) is 36.2. The molecule has 0 radical (unpaired) electrons. The lowest BCUT2D eigenvalue weighted by molar-refractivity contribution is 0.0134. The number of hydrogen-bond acceptors (Lipinski definition) is 3. The zero-order valence-electron chi connectivity index (χ0n) is 10.2. The van der Waals surface area contributed by atoms with Gasteiger partial charge in [-0.25, -0.2) is 0 Å². The lowest BCUT2D eigenvalue weighted by atomic mass is 9.97. The molecule has 2 aliphatic heterocycles. The van der Waals surface area contributed by atoms with Gasteiger partial charge in [-0.1, -0.05) is 6.42 Å². The summed E-state index contributed by atoms with van der Waals surface area (Å²) in [6.45, 7) is 9.32. The second-order valence-corrected chi connectivity index (χ2v) is 5.42. The number of nitrogens with two attached hydrogens (primary N) is 1. The van der Waals surface area contributed by atoms with Gasteiger partial charge in [0.25, 0.3) is 0 Å². The summed E-state index contributed by atoms with van der Waals surface area (Å²) in [4.78, 5) is 5.27. The summed E-state index contributed by atoms with van der Waals surface area (Å²) >= 11 is 0. The highest BCUT2D eigenvalue weighted by Crippen LogP contribution is 2.23. The molecule has 3 unspecified atom stereocenters. The maximum Gasteiger partial charge on any atom is 0.0223 e. The Morgan fingerprint density at radius 1 is 1.33 bits per heavy atom. The van der Waals surface area contributed by atoms with E-state index < -0.39 is 0 Å². The van der Waals surface area contributed by atoms with Gasteiger partial charge in [-0.15, -0.1) is 0 Å². The minimum absolute atomic E-state index is 0.308. The first-order chi connectivity index (χ1) is 7.16. The van der Waals surface area contributed by atoms with Crippen molar-refractivity contribution in [3.05, 3.63) is 0 Å². The molecule has 2 fully saturated rings. The second-order valence-electron chi connectivity index (χ2n) is 5.42. The molecule has 0 saturated carbocycles. The van der Waals surface area contributed by atoms with E-state index in [0.29, 0.717) is 12.1 Å². The first-order valence-electron chi connectivity index (χ1n) is 6.40. The minimum Gasteiger partial charge on any atom is -0.327 e. The van der Waals surface area contributed by atoms with E-state index in [0.717, 1.165) is 12.6 Å². The Hall–Kier alpha value is -0.120. The molecule has 0 aromatic heterocycles. The quantitative estimate of drug-likeness (QED) is 0.736. The van der Waals surface area contributed by atoms with E-state index in [9.17, 15) is 0 Å². The Morgan fingerprint density at radius 2 is 2.13 bits per heavy atom. The molecule has 2 rings (SSSR count). The van der Waals surface area contributed by atoms with Crippen molar-refractivity contribution < 1.29 is 0 Å². The maximum absolute atomic E-state index is 5.90. The summed E-state index contributed by atoms with van der Waals surface area (Å²) in [5.41, 5.74) is 5.90. The molecule has 0 spiro atoms. The molecular weight excluding hydrogens is 186 g/mol. The van der Waals surface area contributed by atoms with Crippen molar-refractivity contribution in [2.75, 3.05) is 26.2 Å². The molecular formula is C12H25N3. The molecule has 3 atom stereocenters. The Kier molecular flexibility index (Phi) is 3.65. The third kappa shape index (κ3) is 2.71. The first-order valence-corrected chi connectivity index (χ1v) is 6.40. The van der Waals surface area contributed by atoms with E-state index in [1.165, 1.54) is 38.9 Å². The highest BCUT2D eigenvalue weighted by atomic mass is 15.3. The third-order valence-corrected chi connectivity index (χ3v) is 3.84. The van der Waals surface area contributed by atoms with E-state index >= 15 is 0 Å². The van der Waals surface area contributed by atoms with Gasteiger partial charge in [0.1, 0.15) is 0 Å². The van der Waals surface area contributed by atoms with Crippen molar-refractivity contribution in [1.82, 2.24) is 9.80 Å². The zero-order chi connectivity index (χ0) is 10.8. The molecule has 2 aliphatic rings. The molecule has 3 nitrogen and oxygen atoms in total. The molecule has 2 N–H and O–H groups in total. The van der Waals surface area contributed by atoms with Gasteiger partial charge in [0, 0.05) is 37.8 Å². The van der Waals surface area contributed by atoms with Crippen LogP contribution in [-0.2, 0) is 0 Å². The van der Waals surface area contributed by atoms with Gasteiger partial charge < -0.3 is 5.73 Å². The summed E-state index contributed by atoms with van der Waals surface area (Å²) in [5, 5.41) is 0. The molecule has 15 heavy (non-hydrogen) atoms. The van der Waals surface area contributed by atoms with E-state index in [-0.39, 0.29) is 0 Å². The van der Waals surface area contributed by atoms with Crippen molar-refractivity contribution in [1.29, 1.82) is 0 Å². The highest BCUT2D eigenvalue weighted by Gasteiger charge is 2.32. The summed E-state index contributed by atoms with van der Waals surface area (Å²) in [7, 11) is 0. The minimum atomic E-state index is 0.308. The van der Waals surface area contributed by atoms with Crippen molar-refractivity contribution >= 4 is 0 Å². The van der Waals surface area contributed by atoms with Crippen LogP contribution in [0.4, 0.5) is 0 Å². The zero-order valence-corrected chi connectivity index (χ0v) is 10.2. The number of rotatable bonds is 2. The fourth-order valence-electron chi connectivity index (χ4n) is 3.04. The smallest absolute Gasteiger partial charge is 0.0223 e.